The first-order chi connectivity index (χ1) is 21.0. The van der Waals surface area contributed by atoms with Crippen LogP contribution in [-0.4, -0.2) is 40.8 Å². The summed E-state index contributed by atoms with van der Waals surface area (Å²) in [6, 6.07) is 21.5. The molecule has 228 valence electrons. The number of aryl methyl sites for hydroxylation is 1. The average molecular weight is 595 g/mol. The van der Waals surface area contributed by atoms with Crippen LogP contribution >= 0.6 is 0 Å². The summed E-state index contributed by atoms with van der Waals surface area (Å²) >= 11 is 0. The molecule has 0 radical (unpaired) electrons. The van der Waals surface area contributed by atoms with Gasteiger partial charge in [0.1, 0.15) is 11.5 Å². The van der Waals surface area contributed by atoms with Crippen molar-refractivity contribution in [2.45, 2.75) is 26.4 Å². The summed E-state index contributed by atoms with van der Waals surface area (Å²) in [4.78, 5) is 40.2. The molecular weight excluding hydrogens is 556 g/mol. The number of nitrogen functional groups attached to an aromatic ring is 2. The number of hydrogen-bond donors (Lipinski definition) is 6. The molecule has 0 aliphatic carbocycles. The third kappa shape index (κ3) is 7.90. The summed E-state index contributed by atoms with van der Waals surface area (Å²) in [6.07, 6.45) is 1.46. The number of amides is 2. The van der Waals surface area contributed by atoms with Crippen molar-refractivity contribution < 1.29 is 9.59 Å². The molecule has 11 heteroatoms. The molecule has 2 amide bonds. The lowest BCUT2D eigenvalue weighted by molar-refractivity contribution is -0.120. The van der Waals surface area contributed by atoms with E-state index in [-0.39, 0.29) is 41.6 Å². The molecule has 0 fully saturated rings. The summed E-state index contributed by atoms with van der Waals surface area (Å²) in [6.45, 7) is 3.16. The monoisotopic (exact) mass is 594 g/mol. The predicted octanol–water partition coefficient (Wildman–Crippen LogP) is 2.99. The highest BCUT2D eigenvalue weighted by atomic mass is 16.2. The highest BCUT2D eigenvalue weighted by Gasteiger charge is 2.21. The molecule has 0 saturated carbocycles. The summed E-state index contributed by atoms with van der Waals surface area (Å²) in [7, 11) is 3.59. The van der Waals surface area contributed by atoms with E-state index in [4.69, 9.17) is 16.9 Å². The van der Waals surface area contributed by atoms with Gasteiger partial charge in [-0.2, -0.15) is 0 Å². The van der Waals surface area contributed by atoms with Crippen molar-refractivity contribution in [1.29, 1.82) is 5.41 Å². The van der Waals surface area contributed by atoms with Crippen LogP contribution in [0.25, 0.3) is 11.3 Å². The largest absolute Gasteiger partial charge is 0.399 e. The number of amidine groups is 1. The number of rotatable bonds is 12. The Morgan fingerprint density at radius 2 is 1.59 bits per heavy atom. The van der Waals surface area contributed by atoms with Crippen LogP contribution in [0.15, 0.2) is 83.8 Å². The topological polar surface area (TPSA) is 171 Å². The molecule has 4 rings (SSSR count). The molecule has 3 aromatic carbocycles. The molecule has 1 heterocycles. The molecule has 0 spiro atoms. The van der Waals surface area contributed by atoms with Crippen molar-refractivity contribution in [3.63, 3.8) is 0 Å². The summed E-state index contributed by atoms with van der Waals surface area (Å²) < 4.78 is 1.76. The number of carbonyl (C=O) groups excluding carboxylic acids is 2. The summed E-state index contributed by atoms with van der Waals surface area (Å²) in [5.41, 5.74) is 19.2. The number of benzene rings is 3. The number of nitrogens with zero attached hydrogens (tertiary/aromatic N) is 2. The van der Waals surface area contributed by atoms with Crippen LogP contribution in [0.3, 0.4) is 0 Å². The molecule has 0 atom stereocenters. The Kier molecular flexibility index (Phi) is 10.1. The Balaban J connectivity index is 1.66. The number of pyridine rings is 1. The van der Waals surface area contributed by atoms with Gasteiger partial charge < -0.3 is 32.1 Å². The zero-order valence-electron chi connectivity index (χ0n) is 25.1. The Morgan fingerprint density at radius 3 is 2.25 bits per heavy atom. The van der Waals surface area contributed by atoms with Crippen molar-refractivity contribution in [3.05, 3.63) is 117 Å². The van der Waals surface area contributed by atoms with Gasteiger partial charge in [0.05, 0.1) is 12.1 Å². The molecule has 44 heavy (non-hydrogen) atoms. The maximum atomic E-state index is 13.8. The van der Waals surface area contributed by atoms with Gasteiger partial charge in [-0.25, -0.2) is 5.01 Å². The average Bonchev–Trinajstić information content (AvgIpc) is 3.01. The quantitative estimate of drug-likeness (QED) is 0.0633. The van der Waals surface area contributed by atoms with E-state index in [1.165, 1.54) is 0 Å². The smallest absolute Gasteiger partial charge is 0.251 e. The third-order valence-electron chi connectivity index (χ3n) is 7.14. The number of aromatic nitrogens is 1. The first kappa shape index (κ1) is 31.5. The maximum absolute atomic E-state index is 13.8. The minimum atomic E-state index is -0.357. The molecule has 8 N–H and O–H groups in total. The molecule has 4 aromatic rings. The fourth-order valence-corrected chi connectivity index (χ4v) is 4.73. The van der Waals surface area contributed by atoms with Gasteiger partial charge in [0.15, 0.2) is 0 Å². The van der Waals surface area contributed by atoms with Crippen LogP contribution in [0.4, 0.5) is 11.4 Å². The zero-order valence-corrected chi connectivity index (χ0v) is 25.1. The van der Waals surface area contributed by atoms with Gasteiger partial charge in [0, 0.05) is 67.9 Å². The number of nitrogens with one attached hydrogen (secondary N) is 4. The standard InChI is InChI=1S/C33H38N8O3/c1-4-41(3)39-28-20-40(2)30(24-14-25(16-26(34)15-24)33(44)38-19-21-8-6-5-7-9-21)27(31(28)43)17-29(42)37-18-22-10-12-23(13-11-22)32(35)36/h5-16,20,39H,4,17-19,34H2,1-3H3,(H3,35,36)(H,37,42)(H,38,44). The zero-order chi connectivity index (χ0) is 31.8. The van der Waals surface area contributed by atoms with Crippen LogP contribution in [0.1, 0.15) is 39.5 Å². The molecule has 0 aliphatic heterocycles. The number of anilines is 2. The second-order valence-corrected chi connectivity index (χ2v) is 10.5. The van der Waals surface area contributed by atoms with Crippen LogP contribution in [0, 0.1) is 5.41 Å². The van der Waals surface area contributed by atoms with Gasteiger partial charge in [-0.3, -0.25) is 19.8 Å². The van der Waals surface area contributed by atoms with E-state index in [1.807, 2.05) is 44.3 Å². The maximum Gasteiger partial charge on any atom is 0.251 e. The second-order valence-electron chi connectivity index (χ2n) is 10.5. The van der Waals surface area contributed by atoms with Crippen LogP contribution in [-0.2, 0) is 31.4 Å². The predicted molar refractivity (Wildman–Crippen MR) is 174 cm³/mol. The number of nitrogens with two attached hydrogens (primary N) is 2. The van der Waals surface area contributed by atoms with Gasteiger partial charge in [-0.05, 0) is 29.3 Å². The van der Waals surface area contributed by atoms with Crippen LogP contribution in [0.5, 0.6) is 0 Å². The van der Waals surface area contributed by atoms with Crippen molar-refractivity contribution in [2.75, 3.05) is 24.8 Å². The summed E-state index contributed by atoms with van der Waals surface area (Å²) in [5.74, 6) is -0.709. The lowest BCUT2D eigenvalue weighted by Gasteiger charge is -2.21. The van der Waals surface area contributed by atoms with Crippen LogP contribution < -0.4 is 33.0 Å². The van der Waals surface area contributed by atoms with E-state index in [0.29, 0.717) is 46.8 Å². The Morgan fingerprint density at radius 1 is 0.932 bits per heavy atom. The molecule has 0 bridgehead atoms. The second kappa shape index (κ2) is 14.2. The number of hydrazine groups is 1. The van der Waals surface area contributed by atoms with Gasteiger partial charge in [0.2, 0.25) is 11.3 Å². The molecule has 1 aromatic heterocycles. The fourth-order valence-electron chi connectivity index (χ4n) is 4.73. The number of hydrogen-bond acceptors (Lipinski definition) is 7. The Labute approximate surface area is 256 Å². The Bertz CT molecular complexity index is 1720. The molecule has 0 aliphatic rings. The van der Waals surface area contributed by atoms with Crippen molar-refractivity contribution in [2.24, 2.45) is 12.8 Å². The summed E-state index contributed by atoms with van der Waals surface area (Å²) in [5, 5.41) is 15.1. The van der Waals surface area contributed by atoms with Crippen molar-refractivity contribution >= 4 is 29.0 Å². The minimum absolute atomic E-state index is 0.0375. The van der Waals surface area contributed by atoms with Gasteiger partial charge in [-0.15, -0.1) is 0 Å². The van der Waals surface area contributed by atoms with Gasteiger partial charge in [0.25, 0.3) is 5.91 Å². The molecule has 11 nitrogen and oxygen atoms in total. The normalized spacial score (nSPS) is 10.8. The highest BCUT2D eigenvalue weighted by Crippen LogP contribution is 2.27. The molecular formula is C33H38N8O3. The molecule has 0 unspecified atom stereocenters. The first-order valence-electron chi connectivity index (χ1n) is 14.2. The van der Waals surface area contributed by atoms with E-state index in [2.05, 4.69) is 16.1 Å². The van der Waals surface area contributed by atoms with Crippen molar-refractivity contribution in [1.82, 2.24) is 20.2 Å². The number of carbonyl (C=O) groups is 2. The third-order valence-corrected chi connectivity index (χ3v) is 7.14. The van der Waals surface area contributed by atoms with Gasteiger partial charge >= 0.3 is 0 Å². The van der Waals surface area contributed by atoms with Gasteiger partial charge in [-0.1, -0.05) is 61.5 Å². The van der Waals surface area contributed by atoms with E-state index in [0.717, 1.165) is 11.1 Å². The fraction of sp³-hybridized carbons (Fsp3) is 0.212. The highest BCUT2D eigenvalue weighted by molar-refractivity contribution is 5.97. The Hall–Kier alpha value is -5.42. The van der Waals surface area contributed by atoms with Crippen molar-refractivity contribution in [3.8, 4) is 11.3 Å². The van der Waals surface area contributed by atoms with E-state index in [1.54, 1.807) is 65.3 Å². The van der Waals surface area contributed by atoms with E-state index >= 15 is 0 Å². The van der Waals surface area contributed by atoms with E-state index in [9.17, 15) is 14.4 Å². The van der Waals surface area contributed by atoms with Crippen LogP contribution in [0.2, 0.25) is 0 Å². The molecule has 0 saturated heterocycles. The lowest BCUT2D eigenvalue weighted by Crippen LogP contribution is -2.32. The SMILES string of the molecule is CCN(C)Nc1cn(C)c(-c2cc(N)cc(C(=O)NCc3ccccc3)c2)c(CC(=O)NCc2ccc(C(=N)N)cc2)c1=O. The lowest BCUT2D eigenvalue weighted by atomic mass is 9.98. The minimum Gasteiger partial charge on any atom is -0.399 e. The first-order valence-corrected chi connectivity index (χ1v) is 14.2. The van der Waals surface area contributed by atoms with E-state index < -0.39 is 0 Å².